The Morgan fingerprint density at radius 3 is 3.13 bits per heavy atom. The molecule has 0 fully saturated rings. The van der Waals surface area contributed by atoms with Crippen molar-refractivity contribution in [2.24, 2.45) is 5.73 Å². The molecule has 1 unspecified atom stereocenters. The van der Waals surface area contributed by atoms with Crippen molar-refractivity contribution in [2.45, 2.75) is 19.4 Å². The maximum absolute atomic E-state index is 8.57. The van der Waals surface area contributed by atoms with Crippen LogP contribution < -0.4 is 5.73 Å². The topological polar surface area (TPSA) is 78.5 Å². The zero-order valence-corrected chi connectivity index (χ0v) is 8.49. The van der Waals surface area contributed by atoms with E-state index in [4.69, 9.17) is 11.0 Å². The van der Waals surface area contributed by atoms with Crippen LogP contribution in [0.25, 0.3) is 11.0 Å². The van der Waals surface area contributed by atoms with E-state index in [1.54, 1.807) is 0 Å². The number of nitrogens with one attached hydrogen (secondary N) is 1. The van der Waals surface area contributed by atoms with E-state index < -0.39 is 0 Å². The van der Waals surface area contributed by atoms with Gasteiger partial charge in [0.1, 0.15) is 5.82 Å². The molecule has 2 rings (SSSR count). The van der Waals surface area contributed by atoms with Crippen LogP contribution in [0.4, 0.5) is 0 Å². The Balaban J connectivity index is 2.42. The number of nitriles is 1. The molecule has 0 amide bonds. The molecule has 0 aliphatic rings. The molecule has 2 aromatic rings. The number of aromatic amines is 1. The third kappa shape index (κ3) is 1.83. The molecule has 0 bridgehead atoms. The molecule has 3 N–H and O–H groups in total. The third-order valence-corrected chi connectivity index (χ3v) is 2.36. The number of hydrogen-bond donors (Lipinski definition) is 2. The summed E-state index contributed by atoms with van der Waals surface area (Å²) < 4.78 is 0. The Morgan fingerprint density at radius 2 is 2.40 bits per heavy atom. The van der Waals surface area contributed by atoms with Crippen molar-refractivity contribution in [1.82, 2.24) is 9.97 Å². The van der Waals surface area contributed by atoms with Gasteiger partial charge < -0.3 is 10.7 Å². The van der Waals surface area contributed by atoms with E-state index in [9.17, 15) is 0 Å². The number of benzene rings is 1. The molecular formula is C11H12N4. The smallest absolute Gasteiger partial charge is 0.104 e. The van der Waals surface area contributed by atoms with E-state index in [0.29, 0.717) is 6.42 Å². The number of imidazole rings is 1. The fourth-order valence-electron chi connectivity index (χ4n) is 1.60. The quantitative estimate of drug-likeness (QED) is 0.775. The van der Waals surface area contributed by atoms with E-state index >= 15 is 0 Å². The van der Waals surface area contributed by atoms with Gasteiger partial charge in [0.2, 0.25) is 0 Å². The largest absolute Gasteiger partial charge is 0.342 e. The van der Waals surface area contributed by atoms with E-state index in [2.05, 4.69) is 16.0 Å². The summed E-state index contributed by atoms with van der Waals surface area (Å²) in [5, 5.41) is 8.57. The summed E-state index contributed by atoms with van der Waals surface area (Å²) in [5.74, 6) is 0.885. The predicted molar refractivity (Wildman–Crippen MR) is 58.0 cm³/mol. The highest BCUT2D eigenvalue weighted by Gasteiger charge is 2.07. The average Bonchev–Trinajstić information content (AvgIpc) is 2.57. The van der Waals surface area contributed by atoms with Gasteiger partial charge in [-0.05, 0) is 24.6 Å². The monoisotopic (exact) mass is 200 g/mol. The van der Waals surface area contributed by atoms with Crippen molar-refractivity contribution in [3.05, 3.63) is 29.6 Å². The second kappa shape index (κ2) is 3.71. The lowest BCUT2D eigenvalue weighted by atomic mass is 10.1. The van der Waals surface area contributed by atoms with Gasteiger partial charge in [-0.15, -0.1) is 0 Å². The summed E-state index contributed by atoms with van der Waals surface area (Å²) in [6, 6.07) is 7.65. The maximum atomic E-state index is 8.57. The summed E-state index contributed by atoms with van der Waals surface area (Å²) in [7, 11) is 0. The van der Waals surface area contributed by atoms with Crippen LogP contribution in [0.2, 0.25) is 0 Å². The number of rotatable bonds is 2. The van der Waals surface area contributed by atoms with Crippen molar-refractivity contribution >= 4 is 11.0 Å². The summed E-state index contributed by atoms with van der Waals surface area (Å²) >= 11 is 0. The normalized spacial score (nSPS) is 12.6. The zero-order valence-electron chi connectivity index (χ0n) is 8.49. The Kier molecular flexibility index (Phi) is 2.40. The third-order valence-electron chi connectivity index (χ3n) is 2.36. The zero-order chi connectivity index (χ0) is 10.8. The van der Waals surface area contributed by atoms with E-state index in [0.717, 1.165) is 22.4 Å². The first-order chi connectivity index (χ1) is 7.20. The number of nitrogens with zero attached hydrogens (tertiary/aromatic N) is 2. The Labute approximate surface area is 87.7 Å². The van der Waals surface area contributed by atoms with Crippen molar-refractivity contribution in [3.63, 3.8) is 0 Å². The predicted octanol–water partition coefficient (Wildman–Crippen LogP) is 1.78. The minimum absolute atomic E-state index is 0.219. The van der Waals surface area contributed by atoms with Gasteiger partial charge in [-0.3, -0.25) is 0 Å². The molecule has 76 valence electrons. The van der Waals surface area contributed by atoms with Crippen molar-refractivity contribution in [2.75, 3.05) is 0 Å². The highest BCUT2D eigenvalue weighted by Crippen LogP contribution is 2.19. The lowest BCUT2D eigenvalue weighted by Crippen LogP contribution is -2.08. The fraction of sp³-hybridized carbons (Fsp3) is 0.273. The van der Waals surface area contributed by atoms with Gasteiger partial charge in [0.05, 0.1) is 23.5 Å². The van der Waals surface area contributed by atoms with Crippen LogP contribution in [0, 0.1) is 18.3 Å². The van der Waals surface area contributed by atoms with Gasteiger partial charge in [-0.2, -0.15) is 5.26 Å². The maximum Gasteiger partial charge on any atom is 0.104 e. The van der Waals surface area contributed by atoms with Gasteiger partial charge in [-0.25, -0.2) is 4.98 Å². The summed E-state index contributed by atoms with van der Waals surface area (Å²) in [4.78, 5) is 7.44. The van der Waals surface area contributed by atoms with Gasteiger partial charge in [0, 0.05) is 6.04 Å². The Bertz CT molecular complexity index is 521. The number of H-pyrrole nitrogens is 1. The average molecular weight is 200 g/mol. The first-order valence-electron chi connectivity index (χ1n) is 4.79. The molecule has 15 heavy (non-hydrogen) atoms. The van der Waals surface area contributed by atoms with Crippen LogP contribution >= 0.6 is 0 Å². The highest BCUT2D eigenvalue weighted by atomic mass is 14.9. The second-order valence-corrected chi connectivity index (χ2v) is 3.57. The van der Waals surface area contributed by atoms with Crippen molar-refractivity contribution < 1.29 is 0 Å². The minimum atomic E-state index is -0.219. The number of fused-ring (bicyclic) bond motifs is 1. The van der Waals surface area contributed by atoms with Crippen LogP contribution in [0.1, 0.15) is 23.9 Å². The van der Waals surface area contributed by atoms with Crippen molar-refractivity contribution in [1.29, 1.82) is 5.26 Å². The molecule has 0 spiro atoms. The summed E-state index contributed by atoms with van der Waals surface area (Å²) in [6.45, 7) is 1.91. The van der Waals surface area contributed by atoms with Crippen LogP contribution in [-0.2, 0) is 0 Å². The van der Waals surface area contributed by atoms with Crippen molar-refractivity contribution in [3.8, 4) is 6.07 Å². The number of aryl methyl sites for hydroxylation is 1. The molecular weight excluding hydrogens is 188 g/mol. The number of hydrogen-bond acceptors (Lipinski definition) is 3. The SMILES string of the molecule is Cc1nc2ccc(C(N)CC#N)cc2[nH]1. The van der Waals surface area contributed by atoms with E-state index in [1.165, 1.54) is 0 Å². The van der Waals surface area contributed by atoms with Crippen LogP contribution in [0.15, 0.2) is 18.2 Å². The van der Waals surface area contributed by atoms with Gasteiger partial charge in [0.25, 0.3) is 0 Å². The molecule has 0 aliphatic carbocycles. The minimum Gasteiger partial charge on any atom is -0.342 e. The molecule has 0 aliphatic heterocycles. The first kappa shape index (κ1) is 9.69. The van der Waals surface area contributed by atoms with Gasteiger partial charge >= 0.3 is 0 Å². The summed E-state index contributed by atoms with van der Waals surface area (Å²) in [6.07, 6.45) is 0.332. The molecule has 1 aromatic carbocycles. The number of nitrogens with two attached hydrogens (primary N) is 1. The van der Waals surface area contributed by atoms with Crippen LogP contribution in [0.3, 0.4) is 0 Å². The van der Waals surface area contributed by atoms with Gasteiger partial charge in [0.15, 0.2) is 0 Å². The highest BCUT2D eigenvalue weighted by molar-refractivity contribution is 5.75. The van der Waals surface area contributed by atoms with E-state index in [-0.39, 0.29) is 6.04 Å². The molecule has 1 aromatic heterocycles. The summed E-state index contributed by atoms with van der Waals surface area (Å²) in [5.41, 5.74) is 8.71. The van der Waals surface area contributed by atoms with E-state index in [1.807, 2.05) is 25.1 Å². The number of aromatic nitrogens is 2. The molecule has 4 heteroatoms. The molecule has 0 radical (unpaired) electrons. The molecule has 4 nitrogen and oxygen atoms in total. The van der Waals surface area contributed by atoms with Crippen LogP contribution in [0.5, 0.6) is 0 Å². The Hall–Kier alpha value is -1.86. The Morgan fingerprint density at radius 1 is 1.60 bits per heavy atom. The lowest BCUT2D eigenvalue weighted by molar-refractivity contribution is 0.749. The fourth-order valence-corrected chi connectivity index (χ4v) is 1.60. The lowest BCUT2D eigenvalue weighted by Gasteiger charge is -2.06. The molecule has 1 atom stereocenters. The van der Waals surface area contributed by atoms with Gasteiger partial charge in [-0.1, -0.05) is 6.07 Å². The molecule has 0 saturated carbocycles. The first-order valence-corrected chi connectivity index (χ1v) is 4.79. The molecule has 1 heterocycles. The second-order valence-electron chi connectivity index (χ2n) is 3.57. The standard InChI is InChI=1S/C11H12N4/c1-7-14-10-3-2-8(6-11(10)15-7)9(13)4-5-12/h2-3,6,9H,4,13H2,1H3,(H,14,15). The van der Waals surface area contributed by atoms with Crippen LogP contribution in [-0.4, -0.2) is 9.97 Å². The molecule has 0 saturated heterocycles.